The summed E-state index contributed by atoms with van der Waals surface area (Å²) in [6.45, 7) is 2.06. The number of rotatable bonds is 3. The number of aromatic nitrogens is 4. The Morgan fingerprint density at radius 3 is 2.68 bits per heavy atom. The molecule has 0 bridgehead atoms. The van der Waals surface area contributed by atoms with Crippen molar-refractivity contribution in [1.29, 1.82) is 0 Å². The van der Waals surface area contributed by atoms with E-state index in [1.807, 2.05) is 30.3 Å². The van der Waals surface area contributed by atoms with Crippen LogP contribution in [-0.2, 0) is 6.54 Å². The highest BCUT2D eigenvalue weighted by atomic mass is 16.3. The summed E-state index contributed by atoms with van der Waals surface area (Å²) in [4.78, 5) is 1.49. The molecule has 3 rings (SSSR count). The highest BCUT2D eigenvalue weighted by Crippen LogP contribution is 2.20. The first kappa shape index (κ1) is 12.3. The first-order chi connectivity index (χ1) is 9.25. The van der Waals surface area contributed by atoms with E-state index in [4.69, 9.17) is 0 Å². The monoisotopic (exact) mass is 259 g/mol. The van der Waals surface area contributed by atoms with Crippen molar-refractivity contribution in [3.63, 3.8) is 0 Å². The van der Waals surface area contributed by atoms with E-state index in [1.54, 1.807) is 0 Å². The Bertz CT molecular complexity index is 533. The summed E-state index contributed by atoms with van der Waals surface area (Å²) in [6.07, 6.45) is 1.43. The van der Waals surface area contributed by atoms with Crippen molar-refractivity contribution in [3.05, 3.63) is 30.3 Å². The van der Waals surface area contributed by atoms with Gasteiger partial charge in [0.1, 0.15) is 0 Å². The predicted octanol–water partition coefficient (Wildman–Crippen LogP) is 0.455. The molecular formula is C13H17N5O. The van der Waals surface area contributed by atoms with Crippen LogP contribution in [0, 0.1) is 0 Å². The van der Waals surface area contributed by atoms with E-state index in [-0.39, 0.29) is 0 Å². The van der Waals surface area contributed by atoms with Crippen molar-refractivity contribution in [2.75, 3.05) is 13.1 Å². The fraction of sp³-hybridized carbons (Fsp3) is 0.462. The normalized spacial score (nSPS) is 18.4. The number of hydrogen-bond acceptors (Lipinski definition) is 5. The van der Waals surface area contributed by atoms with Crippen LogP contribution in [0.2, 0.25) is 0 Å². The van der Waals surface area contributed by atoms with E-state index >= 15 is 0 Å². The molecule has 1 aliphatic heterocycles. The zero-order chi connectivity index (χ0) is 13.1. The maximum absolute atomic E-state index is 10.4. The van der Waals surface area contributed by atoms with Crippen LogP contribution in [0.1, 0.15) is 12.8 Å². The van der Waals surface area contributed by atoms with Crippen molar-refractivity contribution >= 4 is 0 Å². The third kappa shape index (κ3) is 2.80. The summed E-state index contributed by atoms with van der Waals surface area (Å²) in [5.41, 5.74) is 0.214. The van der Waals surface area contributed by atoms with E-state index in [9.17, 15) is 5.11 Å². The van der Waals surface area contributed by atoms with Gasteiger partial charge in [-0.2, -0.15) is 4.80 Å². The third-order valence-electron chi connectivity index (χ3n) is 3.45. The molecule has 2 heterocycles. The van der Waals surface area contributed by atoms with Crippen LogP contribution in [0.3, 0.4) is 0 Å². The van der Waals surface area contributed by atoms with E-state index in [0.29, 0.717) is 12.4 Å². The number of nitrogens with zero attached hydrogens (tertiary/aromatic N) is 4. The van der Waals surface area contributed by atoms with E-state index < -0.39 is 5.60 Å². The number of benzene rings is 1. The van der Waals surface area contributed by atoms with Gasteiger partial charge >= 0.3 is 0 Å². The average molecular weight is 259 g/mol. The molecule has 0 unspecified atom stereocenters. The highest BCUT2D eigenvalue weighted by molar-refractivity contribution is 5.52. The molecule has 2 N–H and O–H groups in total. The summed E-state index contributed by atoms with van der Waals surface area (Å²) in [6, 6.07) is 9.72. The van der Waals surface area contributed by atoms with Crippen LogP contribution in [0.4, 0.5) is 0 Å². The summed E-state index contributed by atoms with van der Waals surface area (Å²) in [5.74, 6) is 0.595. The predicted molar refractivity (Wildman–Crippen MR) is 70.3 cm³/mol. The van der Waals surface area contributed by atoms with Crippen LogP contribution in [-0.4, -0.2) is 44.0 Å². The quantitative estimate of drug-likeness (QED) is 0.837. The maximum Gasteiger partial charge on any atom is 0.204 e. The number of nitrogens with one attached hydrogen (secondary N) is 1. The first-order valence-corrected chi connectivity index (χ1v) is 6.52. The molecule has 0 saturated carbocycles. The fourth-order valence-electron chi connectivity index (χ4n) is 2.33. The zero-order valence-electron chi connectivity index (χ0n) is 10.7. The van der Waals surface area contributed by atoms with Crippen LogP contribution in [0.5, 0.6) is 0 Å². The Morgan fingerprint density at radius 2 is 1.95 bits per heavy atom. The smallest absolute Gasteiger partial charge is 0.204 e. The van der Waals surface area contributed by atoms with Gasteiger partial charge in [0.15, 0.2) is 0 Å². The van der Waals surface area contributed by atoms with Gasteiger partial charge in [0.25, 0.3) is 0 Å². The van der Waals surface area contributed by atoms with Crippen molar-refractivity contribution in [3.8, 4) is 11.4 Å². The highest BCUT2D eigenvalue weighted by Gasteiger charge is 2.30. The van der Waals surface area contributed by atoms with Crippen LogP contribution in [0.15, 0.2) is 30.3 Å². The Morgan fingerprint density at radius 1 is 1.21 bits per heavy atom. The number of hydrogen-bond donors (Lipinski definition) is 2. The average Bonchev–Trinajstić information content (AvgIpc) is 2.88. The summed E-state index contributed by atoms with van der Waals surface area (Å²) >= 11 is 0. The summed E-state index contributed by atoms with van der Waals surface area (Å²) in [5, 5.41) is 26.1. The Labute approximate surface area is 111 Å². The molecule has 2 aromatic rings. The van der Waals surface area contributed by atoms with E-state index in [0.717, 1.165) is 31.5 Å². The second kappa shape index (κ2) is 5.07. The molecular weight excluding hydrogens is 242 g/mol. The van der Waals surface area contributed by atoms with Gasteiger partial charge in [0.05, 0.1) is 12.1 Å². The minimum absolute atomic E-state index is 0.397. The SMILES string of the molecule is OC1(Cn2nnc(-c3ccccc3)n2)CCNCC1. The molecule has 100 valence electrons. The number of aliphatic hydroxyl groups is 1. The minimum atomic E-state index is -0.722. The molecule has 6 heteroatoms. The molecule has 6 nitrogen and oxygen atoms in total. The molecule has 1 aliphatic rings. The molecule has 1 fully saturated rings. The molecule has 1 aromatic heterocycles. The topological polar surface area (TPSA) is 75.9 Å². The lowest BCUT2D eigenvalue weighted by Gasteiger charge is -2.31. The van der Waals surface area contributed by atoms with Crippen molar-refractivity contribution in [2.24, 2.45) is 0 Å². The first-order valence-electron chi connectivity index (χ1n) is 6.52. The minimum Gasteiger partial charge on any atom is -0.388 e. The van der Waals surface area contributed by atoms with Crippen molar-refractivity contribution < 1.29 is 5.11 Å². The van der Waals surface area contributed by atoms with Crippen LogP contribution in [0.25, 0.3) is 11.4 Å². The molecule has 0 amide bonds. The van der Waals surface area contributed by atoms with Gasteiger partial charge in [-0.1, -0.05) is 30.3 Å². The lowest BCUT2D eigenvalue weighted by Crippen LogP contribution is -2.45. The van der Waals surface area contributed by atoms with Crippen LogP contribution < -0.4 is 5.32 Å². The molecule has 0 radical (unpaired) electrons. The van der Waals surface area contributed by atoms with Gasteiger partial charge in [-0.15, -0.1) is 10.2 Å². The largest absolute Gasteiger partial charge is 0.388 e. The maximum atomic E-state index is 10.4. The second-order valence-electron chi connectivity index (χ2n) is 4.98. The Balaban J connectivity index is 1.75. The lowest BCUT2D eigenvalue weighted by atomic mass is 9.93. The van der Waals surface area contributed by atoms with Crippen molar-refractivity contribution in [1.82, 2.24) is 25.5 Å². The van der Waals surface area contributed by atoms with Crippen LogP contribution >= 0.6 is 0 Å². The molecule has 0 spiro atoms. The molecule has 0 aliphatic carbocycles. The van der Waals surface area contributed by atoms with Crippen molar-refractivity contribution in [2.45, 2.75) is 25.0 Å². The number of piperidine rings is 1. The standard InChI is InChI=1S/C13H17N5O/c19-13(6-8-14-9-7-13)10-18-16-12(15-17-18)11-4-2-1-3-5-11/h1-5,14,19H,6-10H2. The Kier molecular flexibility index (Phi) is 3.27. The van der Waals surface area contributed by atoms with Gasteiger partial charge in [-0.25, -0.2) is 0 Å². The Hall–Kier alpha value is -1.79. The van der Waals surface area contributed by atoms with Gasteiger partial charge in [-0.05, 0) is 31.1 Å². The fourth-order valence-corrected chi connectivity index (χ4v) is 2.33. The second-order valence-corrected chi connectivity index (χ2v) is 4.98. The van der Waals surface area contributed by atoms with Gasteiger partial charge in [-0.3, -0.25) is 0 Å². The lowest BCUT2D eigenvalue weighted by molar-refractivity contribution is -0.0120. The molecule has 1 aromatic carbocycles. The molecule has 0 atom stereocenters. The van der Waals surface area contributed by atoms with Gasteiger partial charge in [0.2, 0.25) is 5.82 Å². The number of tetrazole rings is 1. The van der Waals surface area contributed by atoms with E-state index in [1.165, 1.54) is 4.80 Å². The van der Waals surface area contributed by atoms with Gasteiger partial charge < -0.3 is 10.4 Å². The molecule has 1 saturated heterocycles. The third-order valence-corrected chi connectivity index (χ3v) is 3.45. The van der Waals surface area contributed by atoms with Gasteiger partial charge in [0, 0.05) is 5.56 Å². The zero-order valence-corrected chi connectivity index (χ0v) is 10.7. The van der Waals surface area contributed by atoms with E-state index in [2.05, 4.69) is 20.7 Å². The molecule has 19 heavy (non-hydrogen) atoms. The summed E-state index contributed by atoms with van der Waals surface area (Å²) in [7, 11) is 0. The summed E-state index contributed by atoms with van der Waals surface area (Å²) < 4.78 is 0.